The maximum Gasteiger partial charge on any atom is 0.283 e. The molecule has 2 atom stereocenters. The van der Waals surface area contributed by atoms with Crippen molar-refractivity contribution in [2.45, 2.75) is 19.1 Å². The van der Waals surface area contributed by atoms with E-state index in [-0.39, 0.29) is 28.4 Å². The lowest BCUT2D eigenvalue weighted by Crippen LogP contribution is -2.51. The molecular formula is C13H16ClN3O4. The van der Waals surface area contributed by atoms with E-state index in [0.717, 1.165) is 0 Å². The minimum absolute atomic E-state index is 0.0676. The molecule has 1 aromatic rings. The predicted octanol–water partition coefficient (Wildman–Crippen LogP) is 1.44. The second-order valence-corrected chi connectivity index (χ2v) is 5.32. The highest BCUT2D eigenvalue weighted by atomic mass is 35.5. The first-order chi connectivity index (χ1) is 9.91. The monoisotopic (exact) mass is 313 g/mol. The van der Waals surface area contributed by atoms with Crippen LogP contribution >= 0.6 is 11.6 Å². The highest BCUT2D eigenvalue weighted by Crippen LogP contribution is 2.28. The summed E-state index contributed by atoms with van der Waals surface area (Å²) in [5.74, 6) is -0.471. The van der Waals surface area contributed by atoms with Crippen LogP contribution in [0.4, 0.5) is 5.69 Å². The quantitative estimate of drug-likeness (QED) is 0.672. The van der Waals surface area contributed by atoms with E-state index >= 15 is 0 Å². The number of nitro groups is 1. The molecule has 1 saturated heterocycles. The van der Waals surface area contributed by atoms with Crippen LogP contribution in [0.2, 0.25) is 5.02 Å². The summed E-state index contributed by atoms with van der Waals surface area (Å²) in [7, 11) is 0. The minimum atomic E-state index is -0.609. The minimum Gasteiger partial charge on any atom is -0.373 e. The molecule has 8 heteroatoms. The number of hydrogen-bond donors (Lipinski definition) is 1. The zero-order valence-corrected chi connectivity index (χ0v) is 12.2. The van der Waals surface area contributed by atoms with Gasteiger partial charge in [-0.05, 0) is 13.0 Å². The molecule has 1 aliphatic rings. The zero-order chi connectivity index (χ0) is 15.6. The van der Waals surface area contributed by atoms with E-state index in [0.29, 0.717) is 19.7 Å². The van der Waals surface area contributed by atoms with Gasteiger partial charge in [0.1, 0.15) is 5.56 Å². The van der Waals surface area contributed by atoms with Crippen molar-refractivity contribution in [2.24, 2.45) is 5.73 Å². The van der Waals surface area contributed by atoms with E-state index in [1.54, 1.807) is 6.92 Å². The predicted molar refractivity (Wildman–Crippen MR) is 77.4 cm³/mol. The normalized spacial score (nSPS) is 20.1. The molecule has 114 valence electrons. The molecule has 1 amide bonds. The number of carbonyl (C=O) groups is 1. The van der Waals surface area contributed by atoms with Crippen LogP contribution in [0.15, 0.2) is 18.2 Å². The Balaban J connectivity index is 2.30. The molecule has 21 heavy (non-hydrogen) atoms. The molecule has 0 spiro atoms. The van der Waals surface area contributed by atoms with Crippen molar-refractivity contribution in [3.8, 4) is 0 Å². The summed E-state index contributed by atoms with van der Waals surface area (Å²) in [6, 6.07) is 3.94. The molecular weight excluding hydrogens is 298 g/mol. The Morgan fingerprint density at radius 2 is 2.33 bits per heavy atom. The van der Waals surface area contributed by atoms with Crippen molar-refractivity contribution in [1.29, 1.82) is 0 Å². The molecule has 7 nitrogen and oxygen atoms in total. The standard InChI is InChI=1S/C13H16ClN3O4/c1-8(15)11-7-16(5-6-21-11)13(18)12-9(14)3-2-4-10(12)17(19)20/h2-4,8,11H,5-7,15H2,1H3. The van der Waals surface area contributed by atoms with Crippen molar-refractivity contribution >= 4 is 23.2 Å². The fourth-order valence-corrected chi connectivity index (χ4v) is 2.46. The molecule has 0 aliphatic carbocycles. The Morgan fingerprint density at radius 3 is 2.95 bits per heavy atom. The summed E-state index contributed by atoms with van der Waals surface area (Å²) in [5.41, 5.74) is 5.40. The number of morpholine rings is 1. The third kappa shape index (κ3) is 3.31. The van der Waals surface area contributed by atoms with E-state index in [1.165, 1.54) is 23.1 Å². The summed E-state index contributed by atoms with van der Waals surface area (Å²) < 4.78 is 5.48. The average Bonchev–Trinajstić information content (AvgIpc) is 2.46. The highest BCUT2D eigenvalue weighted by Gasteiger charge is 2.32. The molecule has 1 fully saturated rings. The van der Waals surface area contributed by atoms with Crippen molar-refractivity contribution in [2.75, 3.05) is 19.7 Å². The Bertz CT molecular complexity index is 564. The second-order valence-electron chi connectivity index (χ2n) is 4.91. The summed E-state index contributed by atoms with van der Waals surface area (Å²) in [4.78, 5) is 24.5. The Hall–Kier alpha value is -1.70. The van der Waals surface area contributed by atoms with Crippen LogP contribution in [0, 0.1) is 10.1 Å². The van der Waals surface area contributed by atoms with Gasteiger partial charge in [0.25, 0.3) is 11.6 Å². The maximum absolute atomic E-state index is 12.6. The van der Waals surface area contributed by atoms with Gasteiger partial charge < -0.3 is 15.4 Å². The summed E-state index contributed by atoms with van der Waals surface area (Å²) in [6.07, 6.45) is -0.288. The molecule has 2 unspecified atom stereocenters. The number of hydrogen-bond acceptors (Lipinski definition) is 5. The van der Waals surface area contributed by atoms with Gasteiger partial charge in [-0.3, -0.25) is 14.9 Å². The van der Waals surface area contributed by atoms with E-state index in [2.05, 4.69) is 0 Å². The number of halogens is 1. The second kappa shape index (κ2) is 6.38. The number of nitrogens with two attached hydrogens (primary N) is 1. The fraction of sp³-hybridized carbons (Fsp3) is 0.462. The van der Waals surface area contributed by atoms with Gasteiger partial charge in [0.15, 0.2) is 0 Å². The Morgan fingerprint density at radius 1 is 1.62 bits per heavy atom. The van der Waals surface area contributed by atoms with Gasteiger partial charge in [-0.25, -0.2) is 0 Å². The van der Waals surface area contributed by atoms with E-state index in [4.69, 9.17) is 22.1 Å². The van der Waals surface area contributed by atoms with Crippen LogP contribution in [0.25, 0.3) is 0 Å². The van der Waals surface area contributed by atoms with E-state index in [9.17, 15) is 14.9 Å². The lowest BCUT2D eigenvalue weighted by molar-refractivity contribution is -0.385. The first-order valence-electron chi connectivity index (χ1n) is 6.51. The number of nitrogens with zero attached hydrogens (tertiary/aromatic N) is 2. The number of amides is 1. The van der Waals surface area contributed by atoms with Gasteiger partial charge >= 0.3 is 0 Å². The molecule has 0 radical (unpaired) electrons. The number of rotatable bonds is 3. The van der Waals surface area contributed by atoms with Crippen LogP contribution in [0.1, 0.15) is 17.3 Å². The number of nitro benzene ring substituents is 1. The smallest absolute Gasteiger partial charge is 0.283 e. The average molecular weight is 314 g/mol. The third-order valence-corrected chi connectivity index (χ3v) is 3.68. The van der Waals surface area contributed by atoms with Gasteiger partial charge in [-0.1, -0.05) is 17.7 Å². The number of ether oxygens (including phenoxy) is 1. The van der Waals surface area contributed by atoms with Gasteiger partial charge in [0.2, 0.25) is 0 Å². The summed E-state index contributed by atoms with van der Waals surface area (Å²) in [6.45, 7) is 2.77. The first kappa shape index (κ1) is 15.7. The van der Waals surface area contributed by atoms with Crippen LogP contribution in [-0.4, -0.2) is 47.6 Å². The van der Waals surface area contributed by atoms with Crippen LogP contribution in [-0.2, 0) is 4.74 Å². The van der Waals surface area contributed by atoms with Gasteiger partial charge in [-0.15, -0.1) is 0 Å². The van der Waals surface area contributed by atoms with Gasteiger partial charge in [-0.2, -0.15) is 0 Å². The van der Waals surface area contributed by atoms with Crippen LogP contribution < -0.4 is 5.73 Å². The van der Waals surface area contributed by atoms with Crippen LogP contribution in [0.3, 0.4) is 0 Å². The summed E-state index contributed by atoms with van der Waals surface area (Å²) >= 11 is 5.98. The fourth-order valence-electron chi connectivity index (χ4n) is 2.21. The first-order valence-corrected chi connectivity index (χ1v) is 6.89. The van der Waals surface area contributed by atoms with Crippen LogP contribution in [0.5, 0.6) is 0 Å². The third-order valence-electron chi connectivity index (χ3n) is 3.37. The molecule has 2 N–H and O–H groups in total. The van der Waals surface area contributed by atoms with E-state index < -0.39 is 10.8 Å². The Kier molecular flexibility index (Phi) is 4.76. The van der Waals surface area contributed by atoms with Crippen molar-refractivity contribution in [3.63, 3.8) is 0 Å². The van der Waals surface area contributed by atoms with Gasteiger partial charge in [0.05, 0.1) is 22.7 Å². The lowest BCUT2D eigenvalue weighted by atomic mass is 10.1. The van der Waals surface area contributed by atoms with Crippen molar-refractivity contribution in [1.82, 2.24) is 4.90 Å². The van der Waals surface area contributed by atoms with Crippen molar-refractivity contribution < 1.29 is 14.5 Å². The Labute approximate surface area is 126 Å². The van der Waals surface area contributed by atoms with E-state index in [1.807, 2.05) is 0 Å². The lowest BCUT2D eigenvalue weighted by Gasteiger charge is -2.34. The largest absolute Gasteiger partial charge is 0.373 e. The SMILES string of the molecule is CC(N)C1CN(C(=O)c2c(Cl)cccc2[N+](=O)[O-])CCO1. The zero-order valence-electron chi connectivity index (χ0n) is 11.5. The molecule has 0 aromatic heterocycles. The highest BCUT2D eigenvalue weighted by molar-refractivity contribution is 6.34. The number of benzene rings is 1. The molecule has 0 bridgehead atoms. The number of carbonyl (C=O) groups excluding carboxylic acids is 1. The molecule has 2 rings (SSSR count). The molecule has 1 heterocycles. The molecule has 1 aliphatic heterocycles. The molecule has 1 aromatic carbocycles. The summed E-state index contributed by atoms with van der Waals surface area (Å²) in [5, 5.41) is 11.1. The van der Waals surface area contributed by atoms with Gasteiger partial charge in [0, 0.05) is 25.2 Å². The maximum atomic E-state index is 12.6. The van der Waals surface area contributed by atoms with Crippen molar-refractivity contribution in [3.05, 3.63) is 38.9 Å². The topological polar surface area (TPSA) is 98.7 Å². The molecule has 0 saturated carbocycles.